The normalized spacial score (nSPS) is 10.8. The molecule has 2 heterocycles. The Morgan fingerprint density at radius 1 is 1.32 bits per heavy atom. The average Bonchev–Trinajstić information content (AvgIpc) is 2.97. The van der Waals surface area contributed by atoms with Gasteiger partial charge in [-0.3, -0.25) is 10.1 Å². The van der Waals surface area contributed by atoms with Crippen molar-refractivity contribution in [1.82, 2.24) is 14.8 Å². The fourth-order valence-electron chi connectivity index (χ4n) is 1.52. The number of nitrogens with one attached hydrogen (secondary N) is 1. The molecule has 5 nitrogen and oxygen atoms in total. The molecule has 1 aromatic carbocycles. The van der Waals surface area contributed by atoms with E-state index in [9.17, 15) is 4.79 Å². The van der Waals surface area contributed by atoms with Gasteiger partial charge in [-0.1, -0.05) is 38.9 Å². The number of halogens is 2. The monoisotopic (exact) mass is 330 g/mol. The van der Waals surface area contributed by atoms with Crippen LogP contribution >= 0.6 is 46.1 Å². The Bertz CT molecular complexity index is 756. The van der Waals surface area contributed by atoms with E-state index in [2.05, 4.69) is 20.1 Å². The number of nitrogens with zero attached hydrogens (tertiary/aromatic N) is 3. The highest BCUT2D eigenvalue weighted by molar-refractivity contribution is 7.21. The summed E-state index contributed by atoms with van der Waals surface area (Å²) in [7, 11) is 0. The van der Waals surface area contributed by atoms with E-state index < -0.39 is 0 Å². The molecule has 2 aromatic heterocycles. The molecule has 0 bridgehead atoms. The molecule has 1 amide bonds. The van der Waals surface area contributed by atoms with Gasteiger partial charge < -0.3 is 0 Å². The molecular formula is C10H4Cl2N4OS2. The zero-order chi connectivity index (χ0) is 13.4. The van der Waals surface area contributed by atoms with Crippen molar-refractivity contribution in [1.29, 1.82) is 0 Å². The Balaban J connectivity index is 2.00. The lowest BCUT2D eigenvalue weighted by molar-refractivity contribution is 0.103. The Morgan fingerprint density at radius 2 is 2.16 bits per heavy atom. The van der Waals surface area contributed by atoms with Crippen molar-refractivity contribution in [2.24, 2.45) is 0 Å². The summed E-state index contributed by atoms with van der Waals surface area (Å²) in [5, 5.41) is 11.8. The Morgan fingerprint density at radius 3 is 2.89 bits per heavy atom. The molecule has 0 saturated heterocycles. The first-order valence-electron chi connectivity index (χ1n) is 4.99. The first-order valence-corrected chi connectivity index (χ1v) is 7.33. The lowest BCUT2D eigenvalue weighted by Crippen LogP contribution is -2.10. The maximum atomic E-state index is 12.1. The van der Waals surface area contributed by atoms with Gasteiger partial charge in [-0.2, -0.15) is 0 Å². The molecule has 96 valence electrons. The van der Waals surface area contributed by atoms with E-state index in [0.29, 0.717) is 20.1 Å². The molecule has 9 heteroatoms. The molecule has 0 aliphatic rings. The molecule has 0 fully saturated rings. The van der Waals surface area contributed by atoms with E-state index in [-0.39, 0.29) is 5.91 Å². The third kappa shape index (κ3) is 2.42. The molecule has 0 radical (unpaired) electrons. The van der Waals surface area contributed by atoms with Crippen LogP contribution < -0.4 is 5.32 Å². The summed E-state index contributed by atoms with van der Waals surface area (Å²) in [5.74, 6) is -0.333. The number of anilines is 1. The van der Waals surface area contributed by atoms with Gasteiger partial charge in [-0.05, 0) is 17.3 Å². The number of hydrogen-bond donors (Lipinski definition) is 1. The quantitative estimate of drug-likeness (QED) is 0.777. The highest BCUT2D eigenvalue weighted by Gasteiger charge is 2.18. The van der Waals surface area contributed by atoms with Crippen molar-refractivity contribution >= 4 is 67.2 Å². The zero-order valence-corrected chi connectivity index (χ0v) is 12.2. The molecule has 3 aromatic rings. The van der Waals surface area contributed by atoms with Gasteiger partial charge in [-0.15, -0.1) is 11.3 Å². The topological polar surface area (TPSA) is 67.8 Å². The second-order valence-electron chi connectivity index (χ2n) is 3.51. The Labute approximate surface area is 125 Å². The minimum absolute atomic E-state index is 0.330. The summed E-state index contributed by atoms with van der Waals surface area (Å²) in [6.45, 7) is 0. The zero-order valence-electron chi connectivity index (χ0n) is 9.05. The van der Waals surface area contributed by atoms with E-state index in [0.717, 1.165) is 21.6 Å². The molecule has 1 N–H and O–H groups in total. The minimum Gasteiger partial charge on any atom is -0.294 e. The lowest BCUT2D eigenvalue weighted by atomic mass is 10.2. The first-order chi connectivity index (χ1) is 9.15. The van der Waals surface area contributed by atoms with Crippen LogP contribution in [0.1, 0.15) is 9.67 Å². The number of hydrogen-bond acceptors (Lipinski definition) is 6. The van der Waals surface area contributed by atoms with Gasteiger partial charge in [0, 0.05) is 26.6 Å². The molecule has 0 aliphatic carbocycles. The van der Waals surface area contributed by atoms with Gasteiger partial charge in [0.15, 0.2) is 0 Å². The number of carbonyl (C=O) groups excluding carboxylic acids is 1. The Hall–Kier alpha value is -1.28. The molecule has 0 saturated carbocycles. The molecule has 0 atom stereocenters. The number of carbonyl (C=O) groups is 1. The minimum atomic E-state index is -0.333. The molecule has 0 aliphatic heterocycles. The molecule has 0 spiro atoms. The standard InChI is InChI=1S/C10H4Cl2N4OS2/c11-4-1-2-5-6(3-4)18-8(7(5)12)9(17)13-10-14-15-16-19-10/h1-3H,(H,13,14,16,17). The second-order valence-corrected chi connectivity index (χ2v) is 6.11. The van der Waals surface area contributed by atoms with Crippen molar-refractivity contribution in [2.75, 3.05) is 5.32 Å². The third-order valence-corrected chi connectivity index (χ3v) is 4.72. The van der Waals surface area contributed by atoms with Gasteiger partial charge in [0.25, 0.3) is 5.91 Å². The largest absolute Gasteiger partial charge is 0.294 e. The maximum Gasteiger partial charge on any atom is 0.269 e. The van der Waals surface area contributed by atoms with Gasteiger partial charge in [0.1, 0.15) is 4.88 Å². The van der Waals surface area contributed by atoms with Crippen molar-refractivity contribution in [3.8, 4) is 0 Å². The molecule has 0 unspecified atom stereocenters. The van der Waals surface area contributed by atoms with Crippen LogP contribution in [0, 0.1) is 0 Å². The van der Waals surface area contributed by atoms with Crippen LogP contribution in [-0.2, 0) is 0 Å². The highest BCUT2D eigenvalue weighted by atomic mass is 35.5. The van der Waals surface area contributed by atoms with Gasteiger partial charge in [0.05, 0.1) is 5.02 Å². The lowest BCUT2D eigenvalue weighted by Gasteiger charge is -1.97. The number of thiophene rings is 1. The third-order valence-electron chi connectivity index (χ3n) is 2.32. The average molecular weight is 331 g/mol. The first kappa shape index (κ1) is 12.7. The summed E-state index contributed by atoms with van der Waals surface area (Å²) in [6, 6.07) is 5.30. The van der Waals surface area contributed by atoms with Crippen LogP contribution in [0.2, 0.25) is 10.0 Å². The predicted molar refractivity (Wildman–Crippen MR) is 77.5 cm³/mol. The number of fused-ring (bicyclic) bond motifs is 1. The van der Waals surface area contributed by atoms with Crippen LogP contribution in [0.5, 0.6) is 0 Å². The smallest absolute Gasteiger partial charge is 0.269 e. The van der Waals surface area contributed by atoms with Crippen molar-refractivity contribution in [3.63, 3.8) is 0 Å². The number of aromatic nitrogens is 3. The second kappa shape index (κ2) is 5.01. The van der Waals surface area contributed by atoms with E-state index >= 15 is 0 Å². The Kier molecular flexibility index (Phi) is 3.36. The summed E-state index contributed by atoms with van der Waals surface area (Å²) >= 11 is 14.4. The number of rotatable bonds is 2. The van der Waals surface area contributed by atoms with Gasteiger partial charge in [-0.25, -0.2) is 0 Å². The summed E-state index contributed by atoms with van der Waals surface area (Å²) in [6.07, 6.45) is 0. The van der Waals surface area contributed by atoms with Gasteiger partial charge in [0.2, 0.25) is 5.13 Å². The molecule has 3 rings (SSSR count). The number of amides is 1. The fraction of sp³-hybridized carbons (Fsp3) is 0. The van der Waals surface area contributed by atoms with Crippen molar-refractivity contribution in [3.05, 3.63) is 33.1 Å². The van der Waals surface area contributed by atoms with E-state index in [4.69, 9.17) is 23.2 Å². The van der Waals surface area contributed by atoms with Crippen LogP contribution in [0.25, 0.3) is 10.1 Å². The van der Waals surface area contributed by atoms with E-state index in [1.807, 2.05) is 0 Å². The molecule has 19 heavy (non-hydrogen) atoms. The predicted octanol–water partition coefficient (Wildman–Crippen LogP) is 3.71. The van der Waals surface area contributed by atoms with Crippen molar-refractivity contribution < 1.29 is 4.79 Å². The molecular weight excluding hydrogens is 327 g/mol. The van der Waals surface area contributed by atoms with E-state index in [1.165, 1.54) is 11.3 Å². The van der Waals surface area contributed by atoms with Crippen LogP contribution in [-0.4, -0.2) is 20.7 Å². The highest BCUT2D eigenvalue weighted by Crippen LogP contribution is 2.37. The summed E-state index contributed by atoms with van der Waals surface area (Å²) in [5.41, 5.74) is 0. The van der Waals surface area contributed by atoms with Crippen LogP contribution in [0.15, 0.2) is 18.2 Å². The summed E-state index contributed by atoms with van der Waals surface area (Å²) in [4.78, 5) is 12.5. The maximum absolute atomic E-state index is 12.1. The van der Waals surface area contributed by atoms with Gasteiger partial charge >= 0.3 is 0 Å². The van der Waals surface area contributed by atoms with Crippen LogP contribution in [0.4, 0.5) is 5.13 Å². The van der Waals surface area contributed by atoms with Crippen molar-refractivity contribution in [2.45, 2.75) is 0 Å². The van der Waals surface area contributed by atoms with E-state index in [1.54, 1.807) is 18.2 Å². The summed E-state index contributed by atoms with van der Waals surface area (Å²) < 4.78 is 4.42. The van der Waals surface area contributed by atoms with Crippen LogP contribution in [0.3, 0.4) is 0 Å². The SMILES string of the molecule is O=C(Nc1nnns1)c1sc2cc(Cl)ccc2c1Cl. The fourth-order valence-corrected chi connectivity index (χ4v) is 3.57. The number of benzene rings is 1.